The molecule has 0 amide bonds. The summed E-state index contributed by atoms with van der Waals surface area (Å²) in [4.78, 5) is 28.4. The molecule has 1 aromatic carbocycles. The van der Waals surface area contributed by atoms with Crippen LogP contribution in [0.2, 0.25) is 0 Å². The summed E-state index contributed by atoms with van der Waals surface area (Å²) in [5.41, 5.74) is 0.908. The number of carbonyl (C=O) groups is 2. The van der Waals surface area contributed by atoms with E-state index in [0.717, 1.165) is 5.39 Å². The van der Waals surface area contributed by atoms with Crippen LogP contribution in [-0.2, 0) is 9.53 Å². The quantitative estimate of drug-likeness (QED) is 0.693. The number of esters is 1. The molecule has 0 aliphatic rings. The smallest absolute Gasteiger partial charge is 0.356 e. The summed E-state index contributed by atoms with van der Waals surface area (Å²) in [5.74, 6) is -1.56. The van der Waals surface area contributed by atoms with Crippen molar-refractivity contribution in [2.45, 2.75) is 0 Å². The van der Waals surface area contributed by atoms with Gasteiger partial charge in [-0.25, -0.2) is 9.78 Å². The number of aliphatic hydroxyl groups is 1. The average molecular weight is 318 g/mol. The van der Waals surface area contributed by atoms with Crippen LogP contribution in [0.3, 0.4) is 0 Å². The van der Waals surface area contributed by atoms with Gasteiger partial charge >= 0.3 is 11.9 Å². The topological polar surface area (TPSA) is 100.0 Å². The molecule has 23 heavy (non-hydrogen) atoms. The minimum absolute atomic E-state index is 0.0284. The maximum absolute atomic E-state index is 12.0. The van der Waals surface area contributed by atoms with Gasteiger partial charge in [-0.1, -0.05) is 24.3 Å². The molecule has 0 aliphatic heterocycles. The zero-order valence-electron chi connectivity index (χ0n) is 12.5. The second kappa shape index (κ2) is 8.21. The molecule has 0 atom stereocenters. The number of ether oxygens (including phenoxy) is 1. The molecule has 2 aromatic rings. The SMILES string of the molecule is O=C(O)CN(CCO)CCOC(=O)c1ccc2ccccc2n1. The summed E-state index contributed by atoms with van der Waals surface area (Å²) in [5, 5.41) is 18.6. The number of fused-ring (bicyclic) bond motifs is 1. The summed E-state index contributed by atoms with van der Waals surface area (Å²) in [6.07, 6.45) is 0. The van der Waals surface area contributed by atoms with Gasteiger partial charge in [0.05, 0.1) is 18.7 Å². The van der Waals surface area contributed by atoms with E-state index in [1.165, 1.54) is 4.90 Å². The summed E-state index contributed by atoms with van der Waals surface area (Å²) < 4.78 is 5.12. The molecule has 0 aliphatic carbocycles. The Morgan fingerprint density at radius 3 is 2.65 bits per heavy atom. The summed E-state index contributed by atoms with van der Waals surface area (Å²) in [7, 11) is 0. The van der Waals surface area contributed by atoms with E-state index in [1.54, 1.807) is 12.1 Å². The number of pyridine rings is 1. The Labute approximate surface area is 133 Å². The molecule has 0 saturated carbocycles. The van der Waals surface area contributed by atoms with Crippen molar-refractivity contribution >= 4 is 22.8 Å². The molecule has 0 unspecified atom stereocenters. The standard InChI is InChI=1S/C16H18N2O5/c19-9-7-18(11-15(20)21)8-10-23-16(22)14-6-5-12-3-1-2-4-13(12)17-14/h1-6,19H,7-11H2,(H,20,21). The van der Waals surface area contributed by atoms with Gasteiger partial charge in [0.1, 0.15) is 12.3 Å². The number of hydrogen-bond donors (Lipinski definition) is 2. The van der Waals surface area contributed by atoms with Crippen molar-refractivity contribution in [2.75, 3.05) is 32.8 Å². The number of carboxylic acid groups (broad SMARTS) is 1. The van der Waals surface area contributed by atoms with E-state index in [4.69, 9.17) is 14.9 Å². The third kappa shape index (κ3) is 5.01. The second-order valence-electron chi connectivity index (χ2n) is 4.92. The van der Waals surface area contributed by atoms with Crippen LogP contribution in [0.5, 0.6) is 0 Å². The summed E-state index contributed by atoms with van der Waals surface area (Å²) >= 11 is 0. The van der Waals surface area contributed by atoms with Crippen LogP contribution in [0.15, 0.2) is 36.4 Å². The molecule has 2 N–H and O–H groups in total. The number of aromatic nitrogens is 1. The molecular weight excluding hydrogens is 300 g/mol. The Morgan fingerprint density at radius 1 is 1.13 bits per heavy atom. The number of nitrogens with zero attached hydrogens (tertiary/aromatic N) is 2. The van der Waals surface area contributed by atoms with E-state index in [1.807, 2.05) is 24.3 Å². The van der Waals surface area contributed by atoms with Crippen LogP contribution in [0, 0.1) is 0 Å². The Hall–Kier alpha value is -2.51. The average Bonchev–Trinajstić information content (AvgIpc) is 2.54. The van der Waals surface area contributed by atoms with Gasteiger partial charge in [0.15, 0.2) is 0 Å². The molecule has 1 heterocycles. The van der Waals surface area contributed by atoms with Crippen LogP contribution in [0.25, 0.3) is 10.9 Å². The number of hydrogen-bond acceptors (Lipinski definition) is 6. The Morgan fingerprint density at radius 2 is 1.91 bits per heavy atom. The molecule has 1 aromatic heterocycles. The van der Waals surface area contributed by atoms with E-state index < -0.39 is 11.9 Å². The minimum atomic E-state index is -0.999. The first-order valence-electron chi connectivity index (χ1n) is 7.18. The highest BCUT2D eigenvalue weighted by molar-refractivity contribution is 5.91. The van der Waals surface area contributed by atoms with Gasteiger partial charge in [-0.15, -0.1) is 0 Å². The number of rotatable bonds is 8. The van der Waals surface area contributed by atoms with Gasteiger partial charge in [0.2, 0.25) is 0 Å². The summed E-state index contributed by atoms with van der Waals surface area (Å²) in [6, 6.07) is 10.8. The van der Waals surface area contributed by atoms with Gasteiger partial charge in [-0.3, -0.25) is 9.69 Å². The summed E-state index contributed by atoms with van der Waals surface area (Å²) in [6.45, 7) is 0.0880. The molecule has 0 saturated heterocycles. The van der Waals surface area contributed by atoms with Crippen LogP contribution in [0.4, 0.5) is 0 Å². The molecule has 0 radical (unpaired) electrons. The second-order valence-corrected chi connectivity index (χ2v) is 4.92. The lowest BCUT2D eigenvalue weighted by molar-refractivity contribution is -0.138. The molecule has 0 fully saturated rings. The maximum Gasteiger partial charge on any atom is 0.356 e. The fourth-order valence-corrected chi connectivity index (χ4v) is 2.12. The van der Waals surface area contributed by atoms with Crippen molar-refractivity contribution < 1.29 is 24.5 Å². The predicted molar refractivity (Wildman–Crippen MR) is 83.2 cm³/mol. The van der Waals surface area contributed by atoms with Gasteiger partial charge in [-0.05, 0) is 12.1 Å². The lowest BCUT2D eigenvalue weighted by atomic mass is 10.2. The van der Waals surface area contributed by atoms with E-state index in [-0.39, 0.29) is 38.5 Å². The number of carboxylic acids is 1. The van der Waals surface area contributed by atoms with Crippen LogP contribution in [0.1, 0.15) is 10.5 Å². The molecule has 0 spiro atoms. The Balaban J connectivity index is 1.91. The van der Waals surface area contributed by atoms with Gasteiger partial charge in [0, 0.05) is 18.5 Å². The molecule has 122 valence electrons. The maximum atomic E-state index is 12.0. The lowest BCUT2D eigenvalue weighted by Gasteiger charge is -2.18. The number of aliphatic carboxylic acids is 1. The van der Waals surface area contributed by atoms with Crippen molar-refractivity contribution in [1.29, 1.82) is 0 Å². The largest absolute Gasteiger partial charge is 0.480 e. The van der Waals surface area contributed by atoms with Crippen LogP contribution < -0.4 is 0 Å². The van der Waals surface area contributed by atoms with Crippen molar-refractivity contribution in [3.05, 3.63) is 42.1 Å². The highest BCUT2D eigenvalue weighted by Crippen LogP contribution is 2.12. The minimum Gasteiger partial charge on any atom is -0.480 e. The predicted octanol–water partition coefficient (Wildman–Crippen LogP) is 0.770. The molecule has 0 bridgehead atoms. The van der Waals surface area contributed by atoms with Gasteiger partial charge in [0.25, 0.3) is 0 Å². The Bertz CT molecular complexity index is 689. The zero-order chi connectivity index (χ0) is 16.7. The van der Waals surface area contributed by atoms with Gasteiger partial charge in [-0.2, -0.15) is 0 Å². The number of benzene rings is 1. The zero-order valence-corrected chi connectivity index (χ0v) is 12.5. The van der Waals surface area contributed by atoms with E-state index in [9.17, 15) is 9.59 Å². The normalized spacial score (nSPS) is 10.9. The van der Waals surface area contributed by atoms with E-state index in [2.05, 4.69) is 4.98 Å². The molecule has 7 nitrogen and oxygen atoms in total. The third-order valence-corrected chi connectivity index (χ3v) is 3.22. The number of aliphatic hydroxyl groups excluding tert-OH is 1. The van der Waals surface area contributed by atoms with Crippen molar-refractivity contribution in [3.8, 4) is 0 Å². The van der Waals surface area contributed by atoms with Crippen LogP contribution >= 0.6 is 0 Å². The van der Waals surface area contributed by atoms with E-state index in [0.29, 0.717) is 5.52 Å². The van der Waals surface area contributed by atoms with Crippen molar-refractivity contribution in [1.82, 2.24) is 9.88 Å². The van der Waals surface area contributed by atoms with Crippen molar-refractivity contribution in [3.63, 3.8) is 0 Å². The molecular formula is C16H18N2O5. The highest BCUT2D eigenvalue weighted by Gasteiger charge is 2.12. The number of carbonyl (C=O) groups excluding carboxylic acids is 1. The first kappa shape index (κ1) is 16.9. The van der Waals surface area contributed by atoms with Crippen LogP contribution in [-0.4, -0.2) is 64.9 Å². The Kier molecular flexibility index (Phi) is 6.02. The van der Waals surface area contributed by atoms with Gasteiger partial charge < -0.3 is 14.9 Å². The monoisotopic (exact) mass is 318 g/mol. The first-order chi connectivity index (χ1) is 11.1. The lowest BCUT2D eigenvalue weighted by Crippen LogP contribution is -2.35. The molecule has 7 heteroatoms. The van der Waals surface area contributed by atoms with Crippen molar-refractivity contribution in [2.24, 2.45) is 0 Å². The highest BCUT2D eigenvalue weighted by atomic mass is 16.5. The molecule has 2 rings (SSSR count). The third-order valence-electron chi connectivity index (χ3n) is 3.22. The number of para-hydroxylation sites is 1. The fraction of sp³-hybridized carbons (Fsp3) is 0.312. The fourth-order valence-electron chi connectivity index (χ4n) is 2.12. The first-order valence-corrected chi connectivity index (χ1v) is 7.18. The van der Waals surface area contributed by atoms with E-state index >= 15 is 0 Å².